The highest BCUT2D eigenvalue weighted by Crippen LogP contribution is 2.37. The third-order valence-electron chi connectivity index (χ3n) is 8.92. The average Bonchev–Trinajstić information content (AvgIpc) is 3.08. The fraction of sp³-hybridized carbons (Fsp3) is 0.500. The lowest BCUT2D eigenvalue weighted by molar-refractivity contribution is -0.127. The van der Waals surface area contributed by atoms with Gasteiger partial charge in [0.1, 0.15) is 23.1 Å². The SMILES string of the molecule is CCC(=O)C(C(=O)c1nc(SC)nnc1N(Cc1ccc(OC)cc1)Cc1ccc(OC)cc1)N1CCN(C(=O)OC(C)(C)C)[C@H]2CC[C@@H]21. The van der Waals surface area contributed by atoms with Crippen molar-refractivity contribution in [2.24, 2.45) is 0 Å². The molecule has 49 heavy (non-hydrogen) atoms. The first-order valence-electron chi connectivity index (χ1n) is 16.6. The number of hydrogen-bond acceptors (Lipinski definition) is 12. The monoisotopic (exact) mass is 690 g/mol. The van der Waals surface area contributed by atoms with Crippen LogP contribution in [0.2, 0.25) is 0 Å². The van der Waals surface area contributed by atoms with Crippen LogP contribution in [-0.2, 0) is 22.6 Å². The third kappa shape index (κ3) is 8.33. The van der Waals surface area contributed by atoms with Crippen LogP contribution in [0.5, 0.6) is 11.5 Å². The van der Waals surface area contributed by atoms with Crippen LogP contribution in [0.15, 0.2) is 53.7 Å². The summed E-state index contributed by atoms with van der Waals surface area (Å²) in [6.45, 7) is 8.78. The molecule has 0 radical (unpaired) electrons. The van der Waals surface area contributed by atoms with Crippen LogP contribution in [0.25, 0.3) is 0 Å². The van der Waals surface area contributed by atoms with Crippen LogP contribution < -0.4 is 14.4 Å². The van der Waals surface area contributed by atoms with Crippen molar-refractivity contribution < 1.29 is 28.6 Å². The maximum atomic E-state index is 14.8. The van der Waals surface area contributed by atoms with Gasteiger partial charge in [-0.15, -0.1) is 10.2 Å². The van der Waals surface area contributed by atoms with Gasteiger partial charge in [0.15, 0.2) is 17.3 Å². The van der Waals surface area contributed by atoms with E-state index in [4.69, 9.17) is 19.2 Å². The molecule has 3 aromatic rings. The fourth-order valence-electron chi connectivity index (χ4n) is 6.32. The molecular weight excluding hydrogens is 644 g/mol. The fourth-order valence-corrected chi connectivity index (χ4v) is 6.63. The first-order valence-corrected chi connectivity index (χ1v) is 17.8. The molecule has 1 unspecified atom stereocenters. The number of carbonyl (C=O) groups excluding carboxylic acids is 3. The molecule has 13 heteroatoms. The summed E-state index contributed by atoms with van der Waals surface area (Å²) in [5.74, 6) is 1.13. The van der Waals surface area contributed by atoms with Crippen LogP contribution in [0.1, 0.15) is 68.6 Å². The Labute approximate surface area is 292 Å². The van der Waals surface area contributed by atoms with Crippen LogP contribution >= 0.6 is 11.8 Å². The van der Waals surface area contributed by atoms with E-state index in [1.54, 1.807) is 26.0 Å². The Morgan fingerprint density at radius 2 is 1.47 bits per heavy atom. The maximum absolute atomic E-state index is 14.8. The lowest BCUT2D eigenvalue weighted by Gasteiger charge is -2.55. The molecule has 5 rings (SSSR count). The number of piperazine rings is 1. The highest BCUT2D eigenvalue weighted by molar-refractivity contribution is 7.98. The van der Waals surface area contributed by atoms with Gasteiger partial charge in [-0.1, -0.05) is 43.0 Å². The highest BCUT2D eigenvalue weighted by atomic mass is 32.2. The summed E-state index contributed by atoms with van der Waals surface area (Å²) < 4.78 is 16.4. The minimum Gasteiger partial charge on any atom is -0.497 e. The Morgan fingerprint density at radius 3 is 1.94 bits per heavy atom. The van der Waals surface area contributed by atoms with Crippen molar-refractivity contribution in [2.45, 2.75) is 88.9 Å². The number of hydrogen-bond donors (Lipinski definition) is 0. The van der Waals surface area contributed by atoms with Crippen LogP contribution in [0.3, 0.4) is 0 Å². The largest absolute Gasteiger partial charge is 0.497 e. The van der Waals surface area contributed by atoms with Crippen LogP contribution in [0.4, 0.5) is 10.6 Å². The topological polar surface area (TPSA) is 127 Å². The van der Waals surface area contributed by atoms with Crippen molar-refractivity contribution >= 4 is 35.2 Å². The summed E-state index contributed by atoms with van der Waals surface area (Å²) in [4.78, 5) is 52.1. The molecule has 1 saturated heterocycles. The summed E-state index contributed by atoms with van der Waals surface area (Å²) in [6, 6.07) is 14.0. The molecule has 0 N–H and O–H groups in total. The lowest BCUT2D eigenvalue weighted by Crippen LogP contribution is -2.70. The number of thioether (sulfide) groups is 1. The number of Topliss-reactive ketones (excluding diaryl/α,β-unsaturated/α-hetero) is 2. The van der Waals surface area contributed by atoms with E-state index in [2.05, 4.69) is 10.2 Å². The van der Waals surface area contributed by atoms with Crippen molar-refractivity contribution in [3.05, 3.63) is 65.4 Å². The molecule has 3 atom stereocenters. The Hall–Kier alpha value is -4.23. The maximum Gasteiger partial charge on any atom is 0.410 e. The highest BCUT2D eigenvalue weighted by Gasteiger charge is 2.50. The van der Waals surface area contributed by atoms with Gasteiger partial charge in [0, 0.05) is 38.6 Å². The smallest absolute Gasteiger partial charge is 0.410 e. The molecule has 262 valence electrons. The predicted molar refractivity (Wildman–Crippen MR) is 187 cm³/mol. The van der Waals surface area contributed by atoms with Crippen molar-refractivity contribution in [2.75, 3.05) is 38.5 Å². The number of amides is 1. The van der Waals surface area contributed by atoms with E-state index < -0.39 is 17.4 Å². The number of aromatic nitrogens is 3. The first-order chi connectivity index (χ1) is 23.5. The summed E-state index contributed by atoms with van der Waals surface area (Å²) in [7, 11) is 3.24. The van der Waals surface area contributed by atoms with Crippen molar-refractivity contribution in [3.8, 4) is 11.5 Å². The quantitative estimate of drug-likeness (QED) is 0.129. The van der Waals surface area contributed by atoms with Gasteiger partial charge in [0.2, 0.25) is 10.9 Å². The molecule has 2 heterocycles. The zero-order valence-electron chi connectivity index (χ0n) is 29.3. The molecule has 1 amide bonds. The molecule has 2 fully saturated rings. The summed E-state index contributed by atoms with van der Waals surface area (Å²) >= 11 is 1.28. The van der Waals surface area contributed by atoms with E-state index in [-0.39, 0.29) is 36.1 Å². The molecule has 2 aromatic carbocycles. The molecule has 2 aliphatic rings. The van der Waals surface area contributed by atoms with Gasteiger partial charge < -0.3 is 24.0 Å². The molecule has 1 saturated carbocycles. The Kier molecular flexibility index (Phi) is 11.4. The minimum atomic E-state index is -1.08. The van der Waals surface area contributed by atoms with Crippen LogP contribution in [-0.4, -0.2) is 99.9 Å². The van der Waals surface area contributed by atoms with E-state index in [9.17, 15) is 14.4 Å². The van der Waals surface area contributed by atoms with E-state index in [1.165, 1.54) is 11.8 Å². The second-order valence-electron chi connectivity index (χ2n) is 13.2. The number of carbonyl (C=O) groups is 3. The molecule has 0 bridgehead atoms. The van der Waals surface area contributed by atoms with Crippen molar-refractivity contribution in [3.63, 3.8) is 0 Å². The van der Waals surface area contributed by atoms with E-state index in [0.29, 0.717) is 37.2 Å². The Balaban J connectivity index is 1.51. The number of ether oxygens (including phenoxy) is 3. The zero-order valence-corrected chi connectivity index (χ0v) is 30.2. The van der Waals surface area contributed by atoms with Gasteiger partial charge >= 0.3 is 6.09 Å². The van der Waals surface area contributed by atoms with E-state index in [0.717, 1.165) is 35.5 Å². The standard InChI is InChI=1S/C36H46N6O6S/c1-8-29(43)31(41-19-20-42(28-18-17-27(28)41)35(45)48-36(2,3)4)32(44)30-33(38-39-34(37-30)49-7)40(21-23-9-13-25(46-5)14-10-23)22-24-11-15-26(47-6)16-12-24/h9-16,27-28,31H,8,17-22H2,1-7H3/t27-,28-,31?/m0/s1. The van der Waals surface area contributed by atoms with Gasteiger partial charge in [-0.3, -0.25) is 14.5 Å². The van der Waals surface area contributed by atoms with Crippen LogP contribution in [0, 0.1) is 0 Å². The number of rotatable bonds is 13. The van der Waals surface area contributed by atoms with Crippen molar-refractivity contribution in [1.29, 1.82) is 0 Å². The number of ketones is 2. The Bertz CT molecular complexity index is 1580. The van der Waals surface area contributed by atoms with E-state index >= 15 is 0 Å². The molecule has 0 spiro atoms. The summed E-state index contributed by atoms with van der Waals surface area (Å²) in [6.07, 6.45) is 3.16. The number of benzene rings is 2. The normalized spacial score (nSPS) is 18.1. The second-order valence-corrected chi connectivity index (χ2v) is 14.0. The molecule has 1 aromatic heterocycles. The average molecular weight is 691 g/mol. The third-order valence-corrected chi connectivity index (χ3v) is 9.46. The number of methoxy groups -OCH3 is 2. The zero-order chi connectivity index (χ0) is 35.3. The Morgan fingerprint density at radius 1 is 0.898 bits per heavy atom. The van der Waals surface area contributed by atoms with Crippen molar-refractivity contribution in [1.82, 2.24) is 25.0 Å². The predicted octanol–water partition coefficient (Wildman–Crippen LogP) is 5.43. The molecule has 1 aliphatic carbocycles. The number of fused-ring (bicyclic) bond motifs is 1. The first kappa shape index (κ1) is 36.1. The van der Waals surface area contributed by atoms with Gasteiger partial charge in [0.05, 0.1) is 20.3 Å². The lowest BCUT2D eigenvalue weighted by atomic mass is 9.80. The van der Waals surface area contributed by atoms with Gasteiger partial charge in [-0.2, -0.15) is 0 Å². The molecular formula is C36H46N6O6S. The summed E-state index contributed by atoms with van der Waals surface area (Å²) in [5.41, 5.74) is 1.39. The second kappa shape index (κ2) is 15.5. The van der Waals surface area contributed by atoms with Gasteiger partial charge in [0.25, 0.3) is 0 Å². The minimum absolute atomic E-state index is 0.0959. The number of nitrogens with zero attached hydrogens (tertiary/aromatic N) is 6. The van der Waals surface area contributed by atoms with Gasteiger partial charge in [-0.05, 0) is 75.3 Å². The molecule has 1 aliphatic heterocycles. The number of anilines is 1. The van der Waals surface area contributed by atoms with Gasteiger partial charge in [-0.25, -0.2) is 9.78 Å². The summed E-state index contributed by atoms with van der Waals surface area (Å²) in [5, 5.41) is 9.26. The molecule has 12 nitrogen and oxygen atoms in total. The van der Waals surface area contributed by atoms with E-state index in [1.807, 2.05) is 85.4 Å².